The van der Waals surface area contributed by atoms with Gasteiger partial charge in [-0.25, -0.2) is 9.59 Å². The van der Waals surface area contributed by atoms with Crippen LogP contribution in [0.1, 0.15) is 64.2 Å². The van der Waals surface area contributed by atoms with Crippen LogP contribution in [0.2, 0.25) is 0 Å². The van der Waals surface area contributed by atoms with E-state index in [0.29, 0.717) is 26.3 Å². The second kappa shape index (κ2) is 30.2. The summed E-state index contributed by atoms with van der Waals surface area (Å²) >= 11 is 26.1. The lowest BCUT2D eigenvalue weighted by molar-refractivity contribution is 0.143. The molecular formula is C38H48N2O4S14. The van der Waals surface area contributed by atoms with Gasteiger partial charge in [-0.05, 0) is 101 Å². The number of hydrogen-bond acceptors (Lipinski definition) is 18. The largest absolute Gasteiger partial charge is 0.450 e. The van der Waals surface area contributed by atoms with Gasteiger partial charge in [0.2, 0.25) is 0 Å². The zero-order chi connectivity index (χ0) is 41.5. The van der Waals surface area contributed by atoms with Crippen molar-refractivity contribution in [1.29, 1.82) is 0 Å². The Labute approximate surface area is 405 Å². The minimum absolute atomic E-state index is 0.356. The van der Waals surface area contributed by atoms with Crippen LogP contribution in [-0.2, 0) is 9.47 Å². The Morgan fingerprint density at radius 2 is 0.793 bits per heavy atom. The van der Waals surface area contributed by atoms with E-state index >= 15 is 0 Å². The van der Waals surface area contributed by atoms with Crippen molar-refractivity contribution in [2.24, 2.45) is 0 Å². The van der Waals surface area contributed by atoms with Gasteiger partial charge >= 0.3 is 12.2 Å². The number of ether oxygens (including phenoxy) is 2. The van der Waals surface area contributed by atoms with E-state index in [1.807, 2.05) is 165 Å². The van der Waals surface area contributed by atoms with E-state index in [0.717, 1.165) is 64.2 Å². The summed E-state index contributed by atoms with van der Waals surface area (Å²) in [6.07, 6.45) is 20.5. The normalized spacial score (nSPS) is 16.7. The topological polar surface area (TPSA) is 76.7 Å². The molecule has 0 aliphatic carbocycles. The lowest BCUT2D eigenvalue weighted by Gasteiger charge is -2.07. The molecule has 0 fully saturated rings. The zero-order valence-electron chi connectivity index (χ0n) is 33.2. The highest BCUT2D eigenvalue weighted by molar-refractivity contribution is 8.44. The Morgan fingerprint density at radius 3 is 1.14 bits per heavy atom. The molecule has 4 rings (SSSR count). The highest BCUT2D eigenvalue weighted by atomic mass is 32.3. The first-order chi connectivity index (χ1) is 28.3. The molecule has 20 heteroatoms. The third-order valence-corrected chi connectivity index (χ3v) is 27.0. The molecule has 0 saturated carbocycles. The Balaban J connectivity index is 0.945. The van der Waals surface area contributed by atoms with Crippen molar-refractivity contribution < 1.29 is 19.1 Å². The summed E-state index contributed by atoms with van der Waals surface area (Å²) in [5.41, 5.74) is 0. The molecule has 0 aromatic carbocycles. The molecule has 0 spiro atoms. The molecule has 2 amide bonds. The summed E-state index contributed by atoms with van der Waals surface area (Å²) in [6.45, 7) is 1.96. The molecular weight excluding hydrogens is 997 g/mol. The SMILES string of the molecule is CSC1=C(CCCNC(=O)OCCCCC#CC#CCCCCOC(=O)NCCCC2=C(SC)SC(=C3SC(SC)=C(SC)S3)S2)SC(=C2SC(SC)=C(SC)S2)S1. The summed E-state index contributed by atoms with van der Waals surface area (Å²) in [5.74, 6) is 12.0. The van der Waals surface area contributed by atoms with Crippen molar-refractivity contribution in [2.75, 3.05) is 63.8 Å². The summed E-state index contributed by atoms with van der Waals surface area (Å²) in [4.78, 5) is 27.1. The van der Waals surface area contributed by atoms with Gasteiger partial charge in [-0.3, -0.25) is 0 Å². The number of thioether (sulfide) groups is 14. The maximum absolute atomic E-state index is 12.2. The number of rotatable bonds is 22. The maximum Gasteiger partial charge on any atom is 0.407 e. The van der Waals surface area contributed by atoms with Gasteiger partial charge in [0.25, 0.3) is 0 Å². The standard InChI is InChI=1S/C38H48N2O4S14/c1-45-27-25(51-33(53-27)35-55-29(47-3)30(48-4)56-35)19-17-21-39-37(41)43-23-15-13-11-9-7-8-10-12-14-16-24-44-38(42)40-22-18-20-26-28(46-2)54-34(52-26)36-57-31(49-5)32(50-6)58-36/h11-24H2,1-6H3,(H,39,41)(H,40,42). The van der Waals surface area contributed by atoms with Crippen LogP contribution in [0, 0.1) is 23.7 Å². The fourth-order valence-electron chi connectivity index (χ4n) is 4.78. The molecule has 2 N–H and O–H groups in total. The number of alkyl carbamates (subject to hydrolysis) is 2. The first-order valence-corrected chi connectivity index (χ1v) is 32.1. The van der Waals surface area contributed by atoms with E-state index in [9.17, 15) is 9.59 Å². The van der Waals surface area contributed by atoms with Crippen LogP contribution in [0.4, 0.5) is 9.59 Å². The summed E-state index contributed by atoms with van der Waals surface area (Å²) < 4.78 is 24.6. The van der Waals surface area contributed by atoms with Crippen molar-refractivity contribution in [3.8, 4) is 23.7 Å². The van der Waals surface area contributed by atoms with Crippen LogP contribution < -0.4 is 10.6 Å². The highest BCUT2D eigenvalue weighted by Gasteiger charge is 2.30. The highest BCUT2D eigenvalue weighted by Crippen LogP contribution is 2.66. The Hall–Kier alpha value is 1.00. The smallest absolute Gasteiger partial charge is 0.407 e. The zero-order valence-corrected chi connectivity index (χ0v) is 44.7. The molecule has 0 bridgehead atoms. The molecule has 0 radical (unpaired) electrons. The Kier molecular flexibility index (Phi) is 26.9. The molecule has 0 unspecified atom stereocenters. The molecule has 6 nitrogen and oxygen atoms in total. The lowest BCUT2D eigenvalue weighted by atomic mass is 10.2. The van der Waals surface area contributed by atoms with E-state index in [1.165, 1.54) is 52.2 Å². The number of hydrogen-bond donors (Lipinski definition) is 2. The number of allylic oxidation sites excluding steroid dienone is 2. The van der Waals surface area contributed by atoms with Gasteiger partial charge in [-0.1, -0.05) is 106 Å². The number of carbonyl (C=O) groups excluding carboxylic acids is 2. The second-order valence-corrected chi connectivity index (χ2v) is 27.4. The Bertz CT molecular complexity index is 1620. The van der Waals surface area contributed by atoms with Gasteiger partial charge in [0, 0.05) is 35.7 Å². The molecule has 58 heavy (non-hydrogen) atoms. The lowest BCUT2D eigenvalue weighted by Crippen LogP contribution is -2.25. The van der Waals surface area contributed by atoms with Gasteiger partial charge in [0.05, 0.1) is 55.6 Å². The predicted octanol–water partition coefficient (Wildman–Crippen LogP) is 15.3. The van der Waals surface area contributed by atoms with E-state index in [2.05, 4.69) is 71.8 Å². The molecule has 0 aromatic rings. The second-order valence-electron chi connectivity index (χ2n) is 11.6. The number of unbranched alkanes of at least 4 members (excludes halogenated alkanes) is 4. The molecule has 0 aromatic heterocycles. The molecule has 0 saturated heterocycles. The molecule has 4 aliphatic heterocycles. The third-order valence-electron chi connectivity index (χ3n) is 7.58. The van der Waals surface area contributed by atoms with E-state index < -0.39 is 0 Å². The van der Waals surface area contributed by atoms with Crippen LogP contribution in [0.15, 0.2) is 52.2 Å². The van der Waals surface area contributed by atoms with Crippen molar-refractivity contribution in [3.05, 3.63) is 52.2 Å². The van der Waals surface area contributed by atoms with Crippen LogP contribution >= 0.6 is 165 Å². The van der Waals surface area contributed by atoms with Crippen LogP contribution in [-0.4, -0.2) is 76.0 Å². The average molecular weight is 1050 g/mol. The molecule has 0 atom stereocenters. The average Bonchev–Trinajstić information content (AvgIpc) is 4.05. The van der Waals surface area contributed by atoms with Gasteiger partial charge < -0.3 is 20.1 Å². The summed E-state index contributed by atoms with van der Waals surface area (Å²) in [5, 5.41) is 5.79. The third kappa shape index (κ3) is 17.9. The van der Waals surface area contributed by atoms with Crippen molar-refractivity contribution in [1.82, 2.24) is 10.6 Å². The number of amides is 2. The first-order valence-electron chi connectivity index (χ1n) is 18.2. The van der Waals surface area contributed by atoms with E-state index in [1.54, 1.807) is 0 Å². The fraction of sp³-hybridized carbons (Fsp3) is 0.526. The number of nitrogens with one attached hydrogen (secondary N) is 2. The first kappa shape index (κ1) is 51.6. The van der Waals surface area contributed by atoms with E-state index in [4.69, 9.17) is 9.47 Å². The Morgan fingerprint density at radius 1 is 0.466 bits per heavy atom. The molecule has 318 valence electrons. The number of carbonyl (C=O) groups is 2. The maximum atomic E-state index is 12.2. The van der Waals surface area contributed by atoms with Crippen molar-refractivity contribution >= 4 is 177 Å². The van der Waals surface area contributed by atoms with Gasteiger partial charge in [0.15, 0.2) is 0 Å². The monoisotopic (exact) mass is 1040 g/mol. The van der Waals surface area contributed by atoms with Gasteiger partial charge in [0.1, 0.15) is 0 Å². The fourth-order valence-corrected chi connectivity index (χ4v) is 23.1. The van der Waals surface area contributed by atoms with Gasteiger partial charge in [-0.15, -0.1) is 70.6 Å². The summed E-state index contributed by atoms with van der Waals surface area (Å²) in [6, 6.07) is 0. The summed E-state index contributed by atoms with van der Waals surface area (Å²) in [7, 11) is 0. The van der Waals surface area contributed by atoms with Crippen LogP contribution in [0.5, 0.6) is 0 Å². The predicted molar refractivity (Wildman–Crippen MR) is 284 cm³/mol. The molecule has 4 heterocycles. The van der Waals surface area contributed by atoms with Crippen molar-refractivity contribution in [3.63, 3.8) is 0 Å². The quantitative estimate of drug-likeness (QED) is 0.0797. The van der Waals surface area contributed by atoms with Crippen LogP contribution in [0.3, 0.4) is 0 Å². The van der Waals surface area contributed by atoms with Crippen LogP contribution in [0.25, 0.3) is 0 Å². The van der Waals surface area contributed by atoms with E-state index in [-0.39, 0.29) is 12.2 Å². The van der Waals surface area contributed by atoms with Crippen molar-refractivity contribution in [2.45, 2.75) is 64.2 Å². The molecule has 4 aliphatic rings. The van der Waals surface area contributed by atoms with Gasteiger partial charge in [-0.2, -0.15) is 0 Å². The minimum atomic E-state index is -0.356. The minimum Gasteiger partial charge on any atom is -0.450 e.